The Bertz CT molecular complexity index is 890. The standard InChI is InChI=1S/C22H23N3O2/c1-16-6-8-18(9-7-16)25-19-10-11-21(24-15-19)22(26)23-13-12-17-4-3-5-20(14-17)27-2/h3-11,14-15,25H,12-13H2,1-2H3,(H,23,26). The van der Waals surface area contributed by atoms with Crippen molar-refractivity contribution >= 4 is 17.3 Å². The zero-order valence-corrected chi connectivity index (χ0v) is 15.5. The lowest BCUT2D eigenvalue weighted by Crippen LogP contribution is -2.26. The van der Waals surface area contributed by atoms with Crippen LogP contribution >= 0.6 is 0 Å². The Morgan fingerprint density at radius 1 is 1.04 bits per heavy atom. The number of hydrogen-bond acceptors (Lipinski definition) is 4. The highest BCUT2D eigenvalue weighted by Gasteiger charge is 2.07. The van der Waals surface area contributed by atoms with Crippen LogP contribution in [0.2, 0.25) is 0 Å². The van der Waals surface area contributed by atoms with Crippen LogP contribution in [0, 0.1) is 6.92 Å². The Labute approximate surface area is 159 Å². The number of anilines is 2. The van der Waals surface area contributed by atoms with Crippen LogP contribution in [-0.4, -0.2) is 24.5 Å². The molecule has 1 amide bonds. The highest BCUT2D eigenvalue weighted by molar-refractivity contribution is 5.92. The van der Waals surface area contributed by atoms with Crippen LogP contribution < -0.4 is 15.4 Å². The van der Waals surface area contributed by atoms with Crippen molar-refractivity contribution in [1.82, 2.24) is 10.3 Å². The summed E-state index contributed by atoms with van der Waals surface area (Å²) in [6, 6.07) is 19.5. The van der Waals surface area contributed by atoms with E-state index in [0.29, 0.717) is 12.2 Å². The number of amides is 1. The molecule has 138 valence electrons. The number of nitrogens with zero attached hydrogens (tertiary/aromatic N) is 1. The van der Waals surface area contributed by atoms with Gasteiger partial charge in [-0.05, 0) is 55.3 Å². The lowest BCUT2D eigenvalue weighted by molar-refractivity contribution is 0.0949. The Morgan fingerprint density at radius 3 is 2.52 bits per heavy atom. The van der Waals surface area contributed by atoms with Gasteiger partial charge in [-0.1, -0.05) is 29.8 Å². The minimum Gasteiger partial charge on any atom is -0.497 e. The van der Waals surface area contributed by atoms with E-state index >= 15 is 0 Å². The zero-order chi connectivity index (χ0) is 19.1. The first-order chi connectivity index (χ1) is 13.1. The molecular formula is C22H23N3O2. The van der Waals surface area contributed by atoms with Crippen LogP contribution in [0.25, 0.3) is 0 Å². The van der Waals surface area contributed by atoms with Crippen molar-refractivity contribution < 1.29 is 9.53 Å². The summed E-state index contributed by atoms with van der Waals surface area (Å²) in [6.07, 6.45) is 2.40. The molecular weight excluding hydrogens is 338 g/mol. The van der Waals surface area contributed by atoms with E-state index in [1.165, 1.54) is 5.56 Å². The maximum Gasteiger partial charge on any atom is 0.269 e. The van der Waals surface area contributed by atoms with Crippen molar-refractivity contribution in [2.45, 2.75) is 13.3 Å². The van der Waals surface area contributed by atoms with Gasteiger partial charge >= 0.3 is 0 Å². The molecule has 0 saturated heterocycles. The number of rotatable bonds is 7. The van der Waals surface area contributed by atoms with E-state index < -0.39 is 0 Å². The van der Waals surface area contributed by atoms with Gasteiger partial charge < -0.3 is 15.4 Å². The normalized spacial score (nSPS) is 10.3. The second kappa shape index (κ2) is 8.85. The number of methoxy groups -OCH3 is 1. The summed E-state index contributed by atoms with van der Waals surface area (Å²) in [7, 11) is 1.64. The van der Waals surface area contributed by atoms with Crippen LogP contribution in [0.1, 0.15) is 21.6 Å². The van der Waals surface area contributed by atoms with Crippen molar-refractivity contribution in [3.8, 4) is 5.75 Å². The molecule has 0 aliphatic rings. The molecule has 5 heteroatoms. The Morgan fingerprint density at radius 2 is 1.81 bits per heavy atom. The zero-order valence-electron chi connectivity index (χ0n) is 15.5. The molecule has 0 spiro atoms. The fourth-order valence-corrected chi connectivity index (χ4v) is 2.64. The summed E-state index contributed by atoms with van der Waals surface area (Å²) < 4.78 is 5.21. The number of pyridine rings is 1. The smallest absolute Gasteiger partial charge is 0.269 e. The molecule has 2 N–H and O–H groups in total. The Kier molecular flexibility index (Phi) is 6.05. The first-order valence-corrected chi connectivity index (χ1v) is 8.85. The molecule has 3 aromatic rings. The molecule has 27 heavy (non-hydrogen) atoms. The molecule has 0 radical (unpaired) electrons. The Hall–Kier alpha value is -3.34. The maximum absolute atomic E-state index is 12.2. The minimum absolute atomic E-state index is 0.181. The number of aromatic nitrogens is 1. The largest absolute Gasteiger partial charge is 0.497 e. The molecule has 0 aliphatic heterocycles. The van der Waals surface area contributed by atoms with E-state index in [2.05, 4.69) is 15.6 Å². The summed E-state index contributed by atoms with van der Waals surface area (Å²) >= 11 is 0. The van der Waals surface area contributed by atoms with Crippen molar-refractivity contribution in [3.05, 3.63) is 83.7 Å². The monoisotopic (exact) mass is 361 g/mol. The van der Waals surface area contributed by atoms with E-state index in [4.69, 9.17) is 4.74 Å². The average molecular weight is 361 g/mol. The van der Waals surface area contributed by atoms with Gasteiger partial charge in [-0.2, -0.15) is 0 Å². The highest BCUT2D eigenvalue weighted by Crippen LogP contribution is 2.16. The lowest BCUT2D eigenvalue weighted by atomic mass is 10.1. The van der Waals surface area contributed by atoms with Crippen molar-refractivity contribution in [2.24, 2.45) is 0 Å². The van der Waals surface area contributed by atoms with Crippen LogP contribution in [-0.2, 0) is 6.42 Å². The number of hydrogen-bond donors (Lipinski definition) is 2. The maximum atomic E-state index is 12.2. The predicted octanol–water partition coefficient (Wildman–Crippen LogP) is 4.11. The molecule has 0 unspecified atom stereocenters. The second-order valence-corrected chi connectivity index (χ2v) is 6.28. The molecule has 0 fully saturated rings. The number of ether oxygens (including phenoxy) is 1. The fourth-order valence-electron chi connectivity index (χ4n) is 2.64. The van der Waals surface area contributed by atoms with Crippen LogP contribution in [0.4, 0.5) is 11.4 Å². The van der Waals surface area contributed by atoms with Gasteiger partial charge in [0.2, 0.25) is 0 Å². The summed E-state index contributed by atoms with van der Waals surface area (Å²) in [5.41, 5.74) is 4.54. The first-order valence-electron chi connectivity index (χ1n) is 8.85. The number of benzene rings is 2. The van der Waals surface area contributed by atoms with Crippen molar-refractivity contribution in [3.63, 3.8) is 0 Å². The van der Waals surface area contributed by atoms with E-state index in [9.17, 15) is 4.79 Å². The van der Waals surface area contributed by atoms with Gasteiger partial charge in [-0.25, -0.2) is 4.98 Å². The van der Waals surface area contributed by atoms with Crippen LogP contribution in [0.5, 0.6) is 5.75 Å². The van der Waals surface area contributed by atoms with E-state index in [-0.39, 0.29) is 5.91 Å². The van der Waals surface area contributed by atoms with E-state index in [1.54, 1.807) is 19.4 Å². The molecule has 1 aromatic heterocycles. The molecule has 0 saturated carbocycles. The number of nitrogens with one attached hydrogen (secondary N) is 2. The van der Waals surface area contributed by atoms with Crippen LogP contribution in [0.15, 0.2) is 66.9 Å². The average Bonchev–Trinajstić information content (AvgIpc) is 2.70. The van der Waals surface area contributed by atoms with Crippen molar-refractivity contribution in [2.75, 3.05) is 19.0 Å². The predicted molar refractivity (Wildman–Crippen MR) is 108 cm³/mol. The second-order valence-electron chi connectivity index (χ2n) is 6.28. The summed E-state index contributed by atoms with van der Waals surface area (Å²) in [5.74, 6) is 0.636. The molecule has 2 aromatic carbocycles. The summed E-state index contributed by atoms with van der Waals surface area (Å²) in [5, 5.41) is 6.16. The van der Waals surface area contributed by atoms with E-state index in [1.807, 2.05) is 61.5 Å². The van der Waals surface area contributed by atoms with E-state index in [0.717, 1.165) is 29.1 Å². The van der Waals surface area contributed by atoms with Gasteiger partial charge in [-0.3, -0.25) is 4.79 Å². The molecule has 0 atom stereocenters. The molecule has 5 nitrogen and oxygen atoms in total. The molecule has 3 rings (SSSR count). The van der Waals surface area contributed by atoms with Gasteiger partial charge in [0, 0.05) is 12.2 Å². The number of carbonyl (C=O) groups excluding carboxylic acids is 1. The third-order valence-corrected chi connectivity index (χ3v) is 4.17. The highest BCUT2D eigenvalue weighted by atomic mass is 16.5. The topological polar surface area (TPSA) is 63.2 Å². The van der Waals surface area contributed by atoms with Gasteiger partial charge in [-0.15, -0.1) is 0 Å². The number of carbonyl (C=O) groups is 1. The number of aryl methyl sites for hydroxylation is 1. The van der Waals surface area contributed by atoms with Crippen molar-refractivity contribution in [1.29, 1.82) is 0 Å². The molecule has 1 heterocycles. The first kappa shape index (κ1) is 18.5. The van der Waals surface area contributed by atoms with Gasteiger partial charge in [0.05, 0.1) is 19.0 Å². The van der Waals surface area contributed by atoms with Gasteiger partial charge in [0.1, 0.15) is 11.4 Å². The summed E-state index contributed by atoms with van der Waals surface area (Å²) in [6.45, 7) is 2.59. The Balaban J connectivity index is 1.51. The van der Waals surface area contributed by atoms with Gasteiger partial charge in [0.15, 0.2) is 0 Å². The third-order valence-electron chi connectivity index (χ3n) is 4.17. The summed E-state index contributed by atoms with van der Waals surface area (Å²) in [4.78, 5) is 16.5. The fraction of sp³-hybridized carbons (Fsp3) is 0.182. The molecule has 0 aliphatic carbocycles. The quantitative estimate of drug-likeness (QED) is 0.665. The minimum atomic E-state index is -0.181. The molecule has 0 bridgehead atoms. The van der Waals surface area contributed by atoms with Crippen LogP contribution in [0.3, 0.4) is 0 Å². The SMILES string of the molecule is COc1cccc(CCNC(=O)c2ccc(Nc3ccc(C)cc3)cn2)c1. The van der Waals surface area contributed by atoms with Gasteiger partial charge in [0.25, 0.3) is 5.91 Å². The third kappa shape index (κ3) is 5.31. The lowest BCUT2D eigenvalue weighted by Gasteiger charge is -2.08.